The Hall–Kier alpha value is -2.34. The van der Waals surface area contributed by atoms with Crippen molar-refractivity contribution in [1.82, 2.24) is 14.6 Å². The first-order chi connectivity index (χ1) is 13.0. The molecular formula is C22H28N4OS. The van der Waals surface area contributed by atoms with E-state index in [0.717, 1.165) is 11.3 Å². The molecule has 3 rings (SSSR count). The van der Waals surface area contributed by atoms with Gasteiger partial charge in [0.05, 0.1) is 5.75 Å². The minimum atomic E-state index is -0.0522. The summed E-state index contributed by atoms with van der Waals surface area (Å²) in [5, 5.41) is 12.1. The minimum absolute atomic E-state index is 0.00984. The average Bonchev–Trinajstić information content (AvgIpc) is 3.01. The molecule has 0 saturated heterocycles. The fourth-order valence-corrected chi connectivity index (χ4v) is 3.54. The van der Waals surface area contributed by atoms with Crippen LogP contribution in [0, 0.1) is 0 Å². The van der Waals surface area contributed by atoms with Gasteiger partial charge in [0, 0.05) is 11.9 Å². The molecule has 0 bridgehead atoms. The molecule has 3 aromatic rings. The Labute approximate surface area is 170 Å². The zero-order chi connectivity index (χ0) is 20.5. The van der Waals surface area contributed by atoms with E-state index in [1.807, 2.05) is 28.8 Å². The molecule has 6 heteroatoms. The lowest BCUT2D eigenvalue weighted by molar-refractivity contribution is -0.113. The number of pyridine rings is 1. The third-order valence-electron chi connectivity index (χ3n) is 4.56. The van der Waals surface area contributed by atoms with E-state index in [4.69, 9.17) is 0 Å². The van der Waals surface area contributed by atoms with Gasteiger partial charge >= 0.3 is 0 Å². The summed E-state index contributed by atoms with van der Waals surface area (Å²) in [5.74, 6) is 0.226. The van der Waals surface area contributed by atoms with E-state index in [9.17, 15) is 4.79 Å². The van der Waals surface area contributed by atoms with Crippen molar-refractivity contribution in [3.05, 3.63) is 53.7 Å². The van der Waals surface area contributed by atoms with E-state index >= 15 is 0 Å². The predicted molar refractivity (Wildman–Crippen MR) is 116 cm³/mol. The first kappa shape index (κ1) is 20.4. The largest absolute Gasteiger partial charge is 0.325 e. The molecule has 0 aliphatic heterocycles. The molecule has 0 aliphatic rings. The molecule has 0 saturated carbocycles. The van der Waals surface area contributed by atoms with Crippen molar-refractivity contribution in [3.8, 4) is 0 Å². The summed E-state index contributed by atoms with van der Waals surface area (Å²) in [5.41, 5.74) is 4.07. The molecular weight excluding hydrogens is 368 g/mol. The van der Waals surface area contributed by atoms with Crippen LogP contribution in [0.15, 0.2) is 47.8 Å². The third kappa shape index (κ3) is 4.73. The van der Waals surface area contributed by atoms with Crippen LogP contribution in [0.25, 0.3) is 5.65 Å². The van der Waals surface area contributed by atoms with Crippen molar-refractivity contribution >= 4 is 29.0 Å². The van der Waals surface area contributed by atoms with Gasteiger partial charge in [0.2, 0.25) is 5.91 Å². The second-order valence-electron chi connectivity index (χ2n) is 9.05. The number of amides is 1. The maximum atomic E-state index is 12.6. The van der Waals surface area contributed by atoms with Crippen LogP contribution in [0.2, 0.25) is 0 Å². The molecule has 0 aliphatic carbocycles. The van der Waals surface area contributed by atoms with E-state index in [2.05, 4.69) is 75.3 Å². The Morgan fingerprint density at radius 2 is 1.64 bits per heavy atom. The molecule has 1 N–H and O–H groups in total. The molecule has 2 heterocycles. The lowest BCUT2D eigenvalue weighted by Gasteiger charge is -2.26. The highest BCUT2D eigenvalue weighted by Crippen LogP contribution is 2.32. The van der Waals surface area contributed by atoms with Crippen LogP contribution in [0.3, 0.4) is 0 Å². The molecule has 148 valence electrons. The minimum Gasteiger partial charge on any atom is -0.325 e. The number of fused-ring (bicyclic) bond motifs is 1. The highest BCUT2D eigenvalue weighted by Gasteiger charge is 2.21. The van der Waals surface area contributed by atoms with Gasteiger partial charge in [-0.05, 0) is 46.2 Å². The zero-order valence-electron chi connectivity index (χ0n) is 17.4. The zero-order valence-corrected chi connectivity index (χ0v) is 18.2. The van der Waals surface area contributed by atoms with Crippen molar-refractivity contribution in [2.75, 3.05) is 11.1 Å². The number of nitrogens with one attached hydrogen (secondary N) is 1. The summed E-state index contributed by atoms with van der Waals surface area (Å²) in [7, 11) is 0. The van der Waals surface area contributed by atoms with Gasteiger partial charge in [-0.3, -0.25) is 9.20 Å². The van der Waals surface area contributed by atoms with E-state index in [1.54, 1.807) is 0 Å². The van der Waals surface area contributed by atoms with Crippen molar-refractivity contribution in [2.45, 2.75) is 57.5 Å². The lowest BCUT2D eigenvalue weighted by atomic mass is 9.80. The SMILES string of the molecule is CC(C)(C)c1cc(NC(=O)CSc2nnc3ccccn23)cc(C(C)(C)C)c1. The maximum Gasteiger partial charge on any atom is 0.234 e. The van der Waals surface area contributed by atoms with Gasteiger partial charge in [0.1, 0.15) is 0 Å². The number of aromatic nitrogens is 3. The first-order valence-corrected chi connectivity index (χ1v) is 10.4. The van der Waals surface area contributed by atoms with Crippen LogP contribution in [-0.2, 0) is 15.6 Å². The fourth-order valence-electron chi connectivity index (χ4n) is 2.81. The number of nitrogens with zero attached hydrogens (tertiary/aromatic N) is 3. The smallest absolute Gasteiger partial charge is 0.234 e. The van der Waals surface area contributed by atoms with Crippen molar-refractivity contribution in [1.29, 1.82) is 0 Å². The van der Waals surface area contributed by atoms with Crippen molar-refractivity contribution < 1.29 is 4.79 Å². The van der Waals surface area contributed by atoms with Gasteiger partial charge in [-0.15, -0.1) is 10.2 Å². The standard InChI is InChI=1S/C22H28N4OS/c1-21(2,3)15-11-16(22(4,5)6)13-17(12-15)23-19(27)14-28-20-25-24-18-9-7-8-10-26(18)20/h7-13H,14H2,1-6H3,(H,23,27). The summed E-state index contributed by atoms with van der Waals surface area (Å²) < 4.78 is 1.88. The number of carbonyl (C=O) groups is 1. The van der Waals surface area contributed by atoms with Crippen LogP contribution in [-0.4, -0.2) is 26.3 Å². The monoisotopic (exact) mass is 396 g/mol. The predicted octanol–water partition coefficient (Wildman–Crippen LogP) is 5.06. The summed E-state index contributed by atoms with van der Waals surface area (Å²) in [6, 6.07) is 12.1. The molecule has 0 spiro atoms. The van der Waals surface area contributed by atoms with Gasteiger partial charge in [0.15, 0.2) is 10.8 Å². The Balaban J connectivity index is 1.76. The molecule has 28 heavy (non-hydrogen) atoms. The quantitative estimate of drug-likeness (QED) is 0.627. The van der Waals surface area contributed by atoms with E-state index in [0.29, 0.717) is 5.16 Å². The molecule has 2 aromatic heterocycles. The number of hydrogen-bond acceptors (Lipinski definition) is 4. The Kier molecular flexibility index (Phi) is 5.53. The topological polar surface area (TPSA) is 59.3 Å². The van der Waals surface area contributed by atoms with Gasteiger partial charge < -0.3 is 5.32 Å². The van der Waals surface area contributed by atoms with Crippen LogP contribution in [0.5, 0.6) is 0 Å². The average molecular weight is 397 g/mol. The van der Waals surface area contributed by atoms with Gasteiger partial charge in [0.25, 0.3) is 0 Å². The number of anilines is 1. The maximum absolute atomic E-state index is 12.6. The molecule has 0 atom stereocenters. The van der Waals surface area contributed by atoms with Crippen LogP contribution >= 0.6 is 11.8 Å². The molecule has 0 radical (unpaired) electrons. The Morgan fingerprint density at radius 1 is 1.00 bits per heavy atom. The number of hydrogen-bond donors (Lipinski definition) is 1. The van der Waals surface area contributed by atoms with Gasteiger partial charge in [-0.25, -0.2) is 0 Å². The molecule has 1 aromatic carbocycles. The van der Waals surface area contributed by atoms with Crippen LogP contribution in [0.4, 0.5) is 5.69 Å². The molecule has 0 unspecified atom stereocenters. The van der Waals surface area contributed by atoms with Crippen molar-refractivity contribution in [3.63, 3.8) is 0 Å². The van der Waals surface area contributed by atoms with Gasteiger partial charge in [-0.1, -0.05) is 65.4 Å². The van der Waals surface area contributed by atoms with E-state index in [-0.39, 0.29) is 22.5 Å². The Morgan fingerprint density at radius 3 is 2.25 bits per heavy atom. The lowest BCUT2D eigenvalue weighted by Crippen LogP contribution is -2.19. The second-order valence-corrected chi connectivity index (χ2v) is 9.99. The van der Waals surface area contributed by atoms with Crippen LogP contribution < -0.4 is 5.32 Å². The van der Waals surface area contributed by atoms with Crippen LogP contribution in [0.1, 0.15) is 52.7 Å². The number of benzene rings is 1. The first-order valence-electron chi connectivity index (χ1n) is 9.42. The fraction of sp³-hybridized carbons (Fsp3) is 0.409. The normalized spacial score (nSPS) is 12.4. The molecule has 1 amide bonds. The van der Waals surface area contributed by atoms with Gasteiger partial charge in [-0.2, -0.15) is 0 Å². The van der Waals surface area contributed by atoms with E-state index < -0.39 is 0 Å². The Bertz CT molecular complexity index is 963. The molecule has 5 nitrogen and oxygen atoms in total. The summed E-state index contributed by atoms with van der Waals surface area (Å²) >= 11 is 1.38. The summed E-state index contributed by atoms with van der Waals surface area (Å²) in [4.78, 5) is 12.6. The summed E-state index contributed by atoms with van der Waals surface area (Å²) in [6.07, 6.45) is 1.90. The number of thioether (sulfide) groups is 1. The van der Waals surface area contributed by atoms with Crippen molar-refractivity contribution in [2.24, 2.45) is 0 Å². The highest BCUT2D eigenvalue weighted by atomic mass is 32.2. The third-order valence-corrected chi connectivity index (χ3v) is 5.51. The number of carbonyl (C=O) groups excluding carboxylic acids is 1. The molecule has 0 fully saturated rings. The second kappa shape index (κ2) is 7.59. The number of rotatable bonds is 4. The highest BCUT2D eigenvalue weighted by molar-refractivity contribution is 7.99. The summed E-state index contributed by atoms with van der Waals surface area (Å²) in [6.45, 7) is 13.1. The van der Waals surface area contributed by atoms with E-state index in [1.165, 1.54) is 22.9 Å².